The van der Waals surface area contributed by atoms with Gasteiger partial charge in [-0.15, -0.1) is 5.56 Å². The van der Waals surface area contributed by atoms with E-state index in [1.807, 2.05) is 6.07 Å². The van der Waals surface area contributed by atoms with E-state index in [1.54, 1.807) is 19.3 Å². The molecule has 5 rings (SSSR count). The molecule has 35 heavy (non-hydrogen) atoms. The summed E-state index contributed by atoms with van der Waals surface area (Å²) in [7, 11) is 0. The summed E-state index contributed by atoms with van der Waals surface area (Å²) in [4.78, 5) is 22.2. The fraction of sp³-hybridized carbons (Fsp3) is 0.655. The van der Waals surface area contributed by atoms with E-state index < -0.39 is 5.60 Å². The summed E-state index contributed by atoms with van der Waals surface area (Å²) in [6.07, 6.45) is 12.5. The minimum Gasteiger partial charge on any atom is -0.409 e. The van der Waals surface area contributed by atoms with Gasteiger partial charge < -0.3 is 22.4 Å². The van der Waals surface area contributed by atoms with Gasteiger partial charge in [-0.05, 0) is 93.2 Å². The number of Topliss-reactive ketones (excluding diaryl/α,β-unsaturated/α-hetero) is 1. The largest absolute Gasteiger partial charge is 0.409 e. The van der Waals surface area contributed by atoms with Crippen LogP contribution in [0, 0.1) is 48.0 Å². The maximum atomic E-state index is 12.5. The number of hydrogen-bond acceptors (Lipinski definition) is 5. The number of nitrogens with zero attached hydrogens (tertiary/aromatic N) is 2. The first kappa shape index (κ1) is 28.7. The van der Waals surface area contributed by atoms with Crippen LogP contribution in [0.15, 0.2) is 35.3 Å². The Balaban J connectivity index is 0.00000171. The van der Waals surface area contributed by atoms with Gasteiger partial charge in [-0.3, -0.25) is 4.79 Å². The van der Waals surface area contributed by atoms with Gasteiger partial charge >= 0.3 is 0 Å². The van der Waals surface area contributed by atoms with Crippen molar-refractivity contribution < 1.29 is 47.4 Å². The monoisotopic (exact) mass is 553 g/mol. The van der Waals surface area contributed by atoms with Crippen LogP contribution in [0.2, 0.25) is 0 Å². The number of aromatic nitrogens is 1. The van der Waals surface area contributed by atoms with Crippen LogP contribution >= 0.6 is 0 Å². The van der Waals surface area contributed by atoms with E-state index in [0.29, 0.717) is 36.7 Å². The number of carbonyl (C=O) groups excluding carboxylic acids is 1. The third kappa shape index (κ3) is 4.52. The molecule has 0 spiro atoms. The normalized spacial score (nSPS) is 40.8. The fourth-order valence-electron chi connectivity index (χ4n) is 8.29. The molecule has 0 bridgehead atoms. The SMILES string of the molecule is CC(=O)[C@@]1(O)CC[C@H]2[C@@H]3C[C@H](C)C4=C/C(=N/OCc5c[c-]cnc5)CC[C@]4(C)[C@H]3CC[C@@]21C.[CH3-].[Y]. The van der Waals surface area contributed by atoms with Crippen LogP contribution < -0.4 is 0 Å². The van der Waals surface area contributed by atoms with Crippen LogP contribution in [0.3, 0.4) is 0 Å². The number of pyridine rings is 1. The van der Waals surface area contributed by atoms with Crippen molar-refractivity contribution >= 4 is 11.5 Å². The molecule has 0 amide bonds. The van der Waals surface area contributed by atoms with Crippen molar-refractivity contribution in [2.75, 3.05) is 0 Å². The van der Waals surface area contributed by atoms with Gasteiger partial charge in [0, 0.05) is 38.1 Å². The maximum absolute atomic E-state index is 12.5. The van der Waals surface area contributed by atoms with Crippen LogP contribution in [-0.2, 0) is 48.9 Å². The number of aliphatic hydroxyl groups is 1. The van der Waals surface area contributed by atoms with Crippen molar-refractivity contribution in [2.24, 2.45) is 39.7 Å². The summed E-state index contributed by atoms with van der Waals surface area (Å²) >= 11 is 0. The fourth-order valence-corrected chi connectivity index (χ4v) is 8.29. The third-order valence-electron chi connectivity index (χ3n) is 10.1. The van der Waals surface area contributed by atoms with E-state index in [1.165, 1.54) is 5.57 Å². The van der Waals surface area contributed by atoms with Crippen molar-refractivity contribution in [3.63, 3.8) is 0 Å². The molecule has 1 heterocycles. The molecule has 0 saturated heterocycles. The molecule has 5 nitrogen and oxygen atoms in total. The van der Waals surface area contributed by atoms with E-state index in [9.17, 15) is 9.90 Å². The Morgan fingerprint density at radius 1 is 1.26 bits per heavy atom. The Labute approximate surface area is 236 Å². The average Bonchev–Trinajstić information content (AvgIpc) is 3.07. The van der Waals surface area contributed by atoms with E-state index in [2.05, 4.69) is 43.1 Å². The Hall–Kier alpha value is -0.906. The van der Waals surface area contributed by atoms with Gasteiger partial charge in [0.25, 0.3) is 0 Å². The van der Waals surface area contributed by atoms with Crippen molar-refractivity contribution in [3.05, 3.63) is 49.2 Å². The molecule has 1 aromatic heterocycles. The van der Waals surface area contributed by atoms with Gasteiger partial charge in [-0.1, -0.05) is 37.7 Å². The molecule has 3 fully saturated rings. The number of ketones is 1. The van der Waals surface area contributed by atoms with E-state index in [4.69, 9.17) is 4.84 Å². The summed E-state index contributed by atoms with van der Waals surface area (Å²) in [5, 5.41) is 15.8. The molecule has 1 aromatic rings. The topological polar surface area (TPSA) is 71.8 Å². The first-order valence-electron chi connectivity index (χ1n) is 12.6. The molecule has 189 valence electrons. The van der Waals surface area contributed by atoms with Crippen molar-refractivity contribution in [1.29, 1.82) is 0 Å². The summed E-state index contributed by atoms with van der Waals surface area (Å²) in [6.45, 7) is 9.01. The molecule has 7 atom stereocenters. The minimum absolute atomic E-state index is 0. The summed E-state index contributed by atoms with van der Waals surface area (Å²) in [6, 6.07) is 4.84. The standard InChI is InChI=1S/C28H37N2O3.CH3.Y/c1-18-14-22-23(8-11-27(4)24(22)9-12-28(27,32)19(2)31)26(3)10-7-21(15-25(18)26)30-33-17-20-6-5-13-29-16-20;;/h6,13,15-16,18,22-24,32H,7-12,14,17H2,1-4H3;1H3;/q2*-1;/b30-21+;;/t18-,22+,23-,24-,26+,27-,28-;;/m0../s1. The third-order valence-corrected chi connectivity index (χ3v) is 10.1. The second kappa shape index (κ2) is 10.5. The Morgan fingerprint density at radius 2 is 2.00 bits per heavy atom. The molecule has 1 N–H and O–H groups in total. The van der Waals surface area contributed by atoms with Gasteiger partial charge in [-0.2, -0.15) is 0 Å². The molecular formula is C29H40N2O3Y-2. The van der Waals surface area contributed by atoms with Crippen molar-refractivity contribution in [2.45, 2.75) is 84.8 Å². The van der Waals surface area contributed by atoms with Crippen LogP contribution in [0.1, 0.15) is 78.2 Å². The van der Waals surface area contributed by atoms with Gasteiger partial charge in [0.2, 0.25) is 0 Å². The zero-order chi connectivity index (χ0) is 23.4. The maximum Gasteiger partial charge on any atom is 0.161 e. The number of hydrogen-bond donors (Lipinski definition) is 1. The Kier molecular flexibility index (Phi) is 8.56. The average molecular weight is 554 g/mol. The molecule has 0 aliphatic heterocycles. The van der Waals surface area contributed by atoms with Crippen LogP contribution in [0.25, 0.3) is 0 Å². The predicted octanol–water partition coefficient (Wildman–Crippen LogP) is 5.73. The first-order chi connectivity index (χ1) is 15.7. The molecule has 4 aliphatic carbocycles. The van der Waals surface area contributed by atoms with Crippen LogP contribution in [0.5, 0.6) is 0 Å². The zero-order valence-corrected chi connectivity index (χ0v) is 24.8. The van der Waals surface area contributed by atoms with E-state index in [0.717, 1.165) is 49.8 Å². The van der Waals surface area contributed by atoms with Crippen LogP contribution in [-0.4, -0.2) is 27.2 Å². The molecule has 0 unspecified atom stereocenters. The molecule has 6 heteroatoms. The van der Waals surface area contributed by atoms with Gasteiger partial charge in [0.1, 0.15) is 5.60 Å². The number of oxime groups is 1. The number of fused-ring (bicyclic) bond motifs is 5. The molecule has 3 saturated carbocycles. The Morgan fingerprint density at radius 3 is 2.69 bits per heavy atom. The quantitative estimate of drug-likeness (QED) is 0.382. The number of carbonyl (C=O) groups is 1. The first-order valence-corrected chi connectivity index (χ1v) is 12.6. The molecule has 0 aromatic carbocycles. The summed E-state index contributed by atoms with van der Waals surface area (Å²) in [5.41, 5.74) is 2.27. The van der Waals surface area contributed by atoms with E-state index >= 15 is 0 Å². The minimum atomic E-state index is -1.14. The Bertz CT molecular complexity index is 995. The summed E-state index contributed by atoms with van der Waals surface area (Å²) in [5.74, 6) is 2.06. The molecule has 1 radical (unpaired) electrons. The van der Waals surface area contributed by atoms with Crippen molar-refractivity contribution in [3.8, 4) is 0 Å². The smallest absolute Gasteiger partial charge is 0.161 e. The van der Waals surface area contributed by atoms with Gasteiger partial charge in [0.15, 0.2) is 5.78 Å². The van der Waals surface area contributed by atoms with Gasteiger partial charge in [-0.25, -0.2) is 12.1 Å². The number of allylic oxidation sites excluding steroid dienone is 2. The van der Waals surface area contributed by atoms with E-state index in [-0.39, 0.29) is 56.7 Å². The van der Waals surface area contributed by atoms with Crippen LogP contribution in [0.4, 0.5) is 0 Å². The second-order valence-electron chi connectivity index (χ2n) is 11.6. The number of rotatable bonds is 4. The molecule has 4 aliphatic rings. The summed E-state index contributed by atoms with van der Waals surface area (Å²) < 4.78 is 0. The van der Waals surface area contributed by atoms with Crippen molar-refractivity contribution in [1.82, 2.24) is 4.98 Å². The predicted molar refractivity (Wildman–Crippen MR) is 134 cm³/mol. The zero-order valence-electron chi connectivity index (χ0n) is 22.0. The second-order valence-corrected chi connectivity index (χ2v) is 11.6. The molecular weight excluding hydrogens is 513 g/mol. The van der Waals surface area contributed by atoms with Gasteiger partial charge in [0.05, 0.1) is 12.3 Å².